The van der Waals surface area contributed by atoms with E-state index in [1.165, 1.54) is 16.7 Å². The molecule has 0 N–H and O–H groups in total. The Morgan fingerprint density at radius 2 is 1.76 bits per heavy atom. The van der Waals surface area contributed by atoms with Crippen LogP contribution in [-0.4, -0.2) is 5.78 Å². The molecule has 0 atom stereocenters. The number of carbonyl (C=O) groups excluding carboxylic acids is 1. The first-order valence-electron chi connectivity index (χ1n) is 4.42. The zero-order valence-electron chi connectivity index (χ0n) is 8.14. The van der Waals surface area contributed by atoms with Gasteiger partial charge in [-0.3, -0.25) is 4.79 Å². The van der Waals surface area contributed by atoms with Crippen molar-refractivity contribution in [3.05, 3.63) is 55.9 Å². The van der Waals surface area contributed by atoms with Crippen molar-refractivity contribution >= 4 is 33.0 Å². The van der Waals surface area contributed by atoms with Gasteiger partial charge in [0.05, 0.1) is 5.56 Å². The molecule has 0 unspecified atom stereocenters. The average Bonchev–Trinajstić information content (AvgIpc) is 2.72. The molecule has 6 heteroatoms. The first-order valence-corrected chi connectivity index (χ1v) is 6.16. The van der Waals surface area contributed by atoms with E-state index in [0.717, 1.165) is 12.1 Å². The molecule has 0 amide bonds. The van der Waals surface area contributed by atoms with E-state index in [1.54, 1.807) is 5.38 Å². The summed E-state index contributed by atoms with van der Waals surface area (Å²) in [6.45, 7) is 0. The number of hydrogen-bond acceptors (Lipinski definition) is 2. The summed E-state index contributed by atoms with van der Waals surface area (Å²) >= 11 is 4.37. The van der Waals surface area contributed by atoms with E-state index in [1.807, 2.05) is 0 Å². The van der Waals surface area contributed by atoms with Crippen LogP contribution in [-0.2, 0) is 0 Å². The third-order valence-electron chi connectivity index (χ3n) is 2.14. The van der Waals surface area contributed by atoms with Crippen LogP contribution in [0, 0.1) is 17.5 Å². The van der Waals surface area contributed by atoms with Crippen molar-refractivity contribution in [2.75, 3.05) is 0 Å². The normalized spacial score (nSPS) is 10.6. The Morgan fingerprint density at radius 3 is 2.35 bits per heavy atom. The molecule has 0 spiro atoms. The highest BCUT2D eigenvalue weighted by Crippen LogP contribution is 2.26. The molecule has 0 fully saturated rings. The van der Waals surface area contributed by atoms with Crippen molar-refractivity contribution in [1.82, 2.24) is 0 Å². The van der Waals surface area contributed by atoms with Crippen LogP contribution in [0.25, 0.3) is 0 Å². The van der Waals surface area contributed by atoms with Gasteiger partial charge in [-0.15, -0.1) is 0 Å². The van der Waals surface area contributed by atoms with Gasteiger partial charge in [-0.05, 0) is 28.1 Å². The summed E-state index contributed by atoms with van der Waals surface area (Å²) < 4.78 is 39.6. The standard InChI is InChI=1S/C11H4BrF3OS/c12-7-4-17-3-6(7)11(16)5-1-2-8(13)10(15)9(5)14/h1-4H. The number of carbonyl (C=O) groups is 1. The Balaban J connectivity index is 2.53. The summed E-state index contributed by atoms with van der Waals surface area (Å²) in [6.07, 6.45) is 0. The van der Waals surface area contributed by atoms with Crippen molar-refractivity contribution in [3.8, 4) is 0 Å². The molecule has 1 nitrogen and oxygen atoms in total. The summed E-state index contributed by atoms with van der Waals surface area (Å²) in [5.74, 6) is -5.10. The SMILES string of the molecule is O=C(c1cscc1Br)c1ccc(F)c(F)c1F. The van der Waals surface area contributed by atoms with Gasteiger partial charge in [0, 0.05) is 20.8 Å². The Morgan fingerprint density at radius 1 is 1.06 bits per heavy atom. The van der Waals surface area contributed by atoms with E-state index in [2.05, 4.69) is 15.9 Å². The smallest absolute Gasteiger partial charge is 0.198 e. The number of rotatable bonds is 2. The number of halogens is 4. The van der Waals surface area contributed by atoms with Crippen molar-refractivity contribution in [3.63, 3.8) is 0 Å². The first-order chi connectivity index (χ1) is 8.02. The van der Waals surface area contributed by atoms with Crippen LogP contribution in [0.5, 0.6) is 0 Å². The van der Waals surface area contributed by atoms with Crippen molar-refractivity contribution in [2.45, 2.75) is 0 Å². The molecule has 0 saturated carbocycles. The van der Waals surface area contributed by atoms with Crippen LogP contribution in [0.1, 0.15) is 15.9 Å². The fourth-order valence-corrected chi connectivity index (χ4v) is 2.74. The number of thiophene rings is 1. The maximum atomic E-state index is 13.4. The minimum Gasteiger partial charge on any atom is -0.288 e. The van der Waals surface area contributed by atoms with Crippen molar-refractivity contribution < 1.29 is 18.0 Å². The van der Waals surface area contributed by atoms with E-state index in [9.17, 15) is 18.0 Å². The van der Waals surface area contributed by atoms with Crippen molar-refractivity contribution in [2.24, 2.45) is 0 Å². The minimum absolute atomic E-state index is 0.222. The van der Waals surface area contributed by atoms with Crippen LogP contribution < -0.4 is 0 Å². The Labute approximate surface area is 107 Å². The molecular formula is C11H4BrF3OS. The molecule has 0 aliphatic rings. The molecule has 17 heavy (non-hydrogen) atoms. The van der Waals surface area contributed by atoms with Crippen LogP contribution in [0.4, 0.5) is 13.2 Å². The summed E-state index contributed by atoms with van der Waals surface area (Å²) in [5.41, 5.74) is -0.261. The maximum Gasteiger partial charge on any atom is 0.198 e. The lowest BCUT2D eigenvalue weighted by Gasteiger charge is -2.03. The molecule has 0 bridgehead atoms. The monoisotopic (exact) mass is 320 g/mol. The molecule has 1 aromatic heterocycles. The average molecular weight is 321 g/mol. The maximum absolute atomic E-state index is 13.4. The van der Waals surface area contributed by atoms with Gasteiger partial charge in [0.1, 0.15) is 0 Å². The summed E-state index contributed by atoms with van der Waals surface area (Å²) in [6, 6.07) is 1.66. The molecule has 2 aromatic rings. The Hall–Kier alpha value is -1.14. The second kappa shape index (κ2) is 4.62. The van der Waals surface area contributed by atoms with Gasteiger partial charge in [0.25, 0.3) is 0 Å². The molecule has 0 aliphatic heterocycles. The third kappa shape index (κ3) is 2.14. The largest absolute Gasteiger partial charge is 0.288 e. The van der Waals surface area contributed by atoms with Gasteiger partial charge >= 0.3 is 0 Å². The second-order valence-corrected chi connectivity index (χ2v) is 4.78. The highest BCUT2D eigenvalue weighted by atomic mass is 79.9. The second-order valence-electron chi connectivity index (χ2n) is 3.19. The highest BCUT2D eigenvalue weighted by Gasteiger charge is 2.21. The fraction of sp³-hybridized carbons (Fsp3) is 0. The zero-order chi connectivity index (χ0) is 12.6. The predicted octanol–water partition coefficient (Wildman–Crippen LogP) is 4.16. The molecule has 0 saturated heterocycles. The Kier molecular flexibility index (Phi) is 3.35. The highest BCUT2D eigenvalue weighted by molar-refractivity contribution is 9.10. The molecular weight excluding hydrogens is 317 g/mol. The first kappa shape index (κ1) is 12.3. The molecule has 2 rings (SSSR count). The summed E-state index contributed by atoms with van der Waals surface area (Å²) in [4.78, 5) is 11.9. The van der Waals surface area contributed by atoms with Crippen LogP contribution >= 0.6 is 27.3 Å². The number of benzene rings is 1. The number of ketones is 1. The van der Waals surface area contributed by atoms with Gasteiger partial charge in [-0.25, -0.2) is 13.2 Å². The molecule has 1 aromatic carbocycles. The van der Waals surface area contributed by atoms with Gasteiger partial charge in [-0.2, -0.15) is 11.3 Å². The van der Waals surface area contributed by atoms with Crippen LogP contribution in [0.3, 0.4) is 0 Å². The minimum atomic E-state index is -1.64. The molecule has 0 aliphatic carbocycles. The van der Waals surface area contributed by atoms with E-state index >= 15 is 0 Å². The van der Waals surface area contributed by atoms with E-state index in [0.29, 0.717) is 4.47 Å². The molecule has 1 heterocycles. The topological polar surface area (TPSA) is 17.1 Å². The lowest BCUT2D eigenvalue weighted by atomic mass is 10.1. The predicted molar refractivity (Wildman–Crippen MR) is 61.8 cm³/mol. The lowest BCUT2D eigenvalue weighted by Crippen LogP contribution is -2.06. The van der Waals surface area contributed by atoms with E-state index < -0.39 is 28.8 Å². The van der Waals surface area contributed by atoms with E-state index in [4.69, 9.17) is 0 Å². The van der Waals surface area contributed by atoms with Crippen LogP contribution in [0.2, 0.25) is 0 Å². The lowest BCUT2D eigenvalue weighted by molar-refractivity contribution is 0.103. The fourth-order valence-electron chi connectivity index (χ4n) is 1.29. The quantitative estimate of drug-likeness (QED) is 0.600. The number of hydrogen-bond donors (Lipinski definition) is 0. The van der Waals surface area contributed by atoms with Crippen molar-refractivity contribution in [1.29, 1.82) is 0 Å². The third-order valence-corrected chi connectivity index (χ3v) is 3.84. The van der Waals surface area contributed by atoms with Gasteiger partial charge in [0.2, 0.25) is 0 Å². The zero-order valence-corrected chi connectivity index (χ0v) is 10.5. The van der Waals surface area contributed by atoms with Gasteiger partial charge in [-0.1, -0.05) is 0 Å². The summed E-state index contributed by atoms with van der Waals surface area (Å²) in [5, 5.41) is 3.15. The van der Waals surface area contributed by atoms with Gasteiger partial charge in [0.15, 0.2) is 23.2 Å². The van der Waals surface area contributed by atoms with Crippen LogP contribution in [0.15, 0.2) is 27.4 Å². The van der Waals surface area contributed by atoms with E-state index in [-0.39, 0.29) is 5.56 Å². The molecule has 88 valence electrons. The Bertz CT molecular complexity index is 594. The summed E-state index contributed by atoms with van der Waals surface area (Å²) in [7, 11) is 0. The van der Waals surface area contributed by atoms with Gasteiger partial charge < -0.3 is 0 Å². The molecule has 0 radical (unpaired) electrons.